The van der Waals surface area contributed by atoms with Crippen LogP contribution in [0.3, 0.4) is 0 Å². The number of Topliss-reactive ketones (excluding diaryl/α,β-unsaturated/α-hetero) is 1. The van der Waals surface area contributed by atoms with Crippen LogP contribution in [0.2, 0.25) is 0 Å². The first kappa shape index (κ1) is 14.9. The van der Waals surface area contributed by atoms with Crippen molar-refractivity contribution in [2.24, 2.45) is 0 Å². The van der Waals surface area contributed by atoms with Crippen LogP contribution in [-0.4, -0.2) is 31.2 Å². The van der Waals surface area contributed by atoms with E-state index in [0.717, 1.165) is 0 Å². The summed E-state index contributed by atoms with van der Waals surface area (Å²) in [5.74, 6) is -3.47. The topological polar surface area (TPSA) is 70.8 Å². The summed E-state index contributed by atoms with van der Waals surface area (Å²) in [4.78, 5) is 24.4. The second-order valence-corrected chi connectivity index (χ2v) is 4.51. The van der Waals surface area contributed by atoms with E-state index >= 15 is 0 Å². The number of nitrogens with zero attached hydrogens (tertiary/aromatic N) is 1. The van der Waals surface area contributed by atoms with Gasteiger partial charge in [-0.3, -0.25) is 4.79 Å². The maximum atomic E-state index is 12.5. The minimum atomic E-state index is -5.28. The van der Waals surface area contributed by atoms with Crippen LogP contribution < -0.4 is 10.5 Å². The molecule has 0 aliphatic heterocycles. The third-order valence-corrected chi connectivity index (χ3v) is 2.86. The number of hydrogen-bond acceptors (Lipinski definition) is 5. The van der Waals surface area contributed by atoms with E-state index in [2.05, 4.69) is 4.42 Å². The van der Waals surface area contributed by atoms with Crippen molar-refractivity contribution in [3.63, 3.8) is 0 Å². The molecule has 21 heavy (non-hydrogen) atoms. The molecular formula is C13H10F3NO4. The summed E-state index contributed by atoms with van der Waals surface area (Å²) >= 11 is 0. The van der Waals surface area contributed by atoms with Crippen molar-refractivity contribution in [2.45, 2.75) is 6.18 Å². The molecular weight excluding hydrogens is 291 g/mol. The molecule has 0 saturated carbocycles. The number of benzene rings is 1. The summed E-state index contributed by atoms with van der Waals surface area (Å²) in [6.07, 6.45) is -5.28. The van der Waals surface area contributed by atoms with Crippen molar-refractivity contribution in [3.8, 4) is 5.75 Å². The van der Waals surface area contributed by atoms with Gasteiger partial charge in [-0.05, 0) is 18.2 Å². The number of fused-ring (bicyclic) bond motifs is 1. The molecule has 8 heteroatoms. The van der Waals surface area contributed by atoms with Crippen LogP contribution in [0.1, 0.15) is 10.4 Å². The molecule has 0 spiro atoms. The molecule has 0 aliphatic carbocycles. The quantitative estimate of drug-likeness (QED) is 0.681. The van der Waals surface area contributed by atoms with Gasteiger partial charge in [0.2, 0.25) is 0 Å². The number of carbonyl (C=O) groups is 1. The number of ketones is 1. The van der Waals surface area contributed by atoms with Crippen LogP contribution in [-0.2, 0) is 0 Å². The number of halogens is 3. The SMILES string of the molecule is CN(C)c1ccc2oc(=O)c(C(=O)C(F)(F)F)c(O)c2c1. The Balaban J connectivity index is 2.79. The lowest BCUT2D eigenvalue weighted by Gasteiger charge is -2.13. The molecule has 0 atom stereocenters. The second kappa shape index (κ2) is 4.80. The lowest BCUT2D eigenvalue weighted by Crippen LogP contribution is -2.28. The molecule has 0 unspecified atom stereocenters. The monoisotopic (exact) mass is 301 g/mol. The molecule has 1 aromatic heterocycles. The highest BCUT2D eigenvalue weighted by molar-refractivity contribution is 6.06. The zero-order valence-electron chi connectivity index (χ0n) is 11.0. The van der Waals surface area contributed by atoms with Crippen LogP contribution in [0.5, 0.6) is 5.75 Å². The molecule has 0 aliphatic rings. The van der Waals surface area contributed by atoms with Gasteiger partial charge in [-0.2, -0.15) is 13.2 Å². The molecule has 2 rings (SSSR count). The maximum absolute atomic E-state index is 12.5. The average Bonchev–Trinajstić information content (AvgIpc) is 2.36. The number of aromatic hydroxyl groups is 1. The average molecular weight is 301 g/mol. The number of carbonyl (C=O) groups excluding carboxylic acids is 1. The van der Waals surface area contributed by atoms with Gasteiger partial charge in [0.25, 0.3) is 5.78 Å². The van der Waals surface area contributed by atoms with Gasteiger partial charge in [0, 0.05) is 19.8 Å². The third-order valence-electron chi connectivity index (χ3n) is 2.86. The van der Waals surface area contributed by atoms with Crippen LogP contribution in [0.15, 0.2) is 27.4 Å². The Labute approximate surface area is 116 Å². The molecule has 0 amide bonds. The van der Waals surface area contributed by atoms with E-state index in [-0.39, 0.29) is 11.0 Å². The molecule has 1 aromatic carbocycles. The van der Waals surface area contributed by atoms with Crippen LogP contribution >= 0.6 is 0 Å². The molecule has 0 radical (unpaired) electrons. The largest absolute Gasteiger partial charge is 0.506 e. The smallest absolute Gasteiger partial charge is 0.455 e. The Morgan fingerprint density at radius 1 is 1.29 bits per heavy atom. The lowest BCUT2D eigenvalue weighted by molar-refractivity contribution is -0.0888. The Kier molecular flexibility index (Phi) is 3.40. The van der Waals surface area contributed by atoms with Gasteiger partial charge in [-0.25, -0.2) is 4.79 Å². The highest BCUT2D eigenvalue weighted by atomic mass is 19.4. The first-order valence-electron chi connectivity index (χ1n) is 5.71. The highest BCUT2D eigenvalue weighted by Crippen LogP contribution is 2.32. The first-order chi connectivity index (χ1) is 9.62. The molecule has 0 saturated heterocycles. The summed E-state index contributed by atoms with van der Waals surface area (Å²) in [7, 11) is 3.36. The second-order valence-electron chi connectivity index (χ2n) is 4.51. The minimum Gasteiger partial charge on any atom is -0.506 e. The van der Waals surface area contributed by atoms with Crippen LogP contribution in [0.4, 0.5) is 18.9 Å². The fourth-order valence-electron chi connectivity index (χ4n) is 1.79. The van der Waals surface area contributed by atoms with E-state index in [9.17, 15) is 27.9 Å². The molecule has 5 nitrogen and oxygen atoms in total. The Bertz CT molecular complexity index is 777. The summed E-state index contributed by atoms with van der Waals surface area (Å²) in [6.45, 7) is 0. The predicted octanol–water partition coefficient (Wildman–Crippen LogP) is 2.31. The highest BCUT2D eigenvalue weighted by Gasteiger charge is 2.43. The zero-order valence-corrected chi connectivity index (χ0v) is 11.0. The van der Waals surface area contributed by atoms with Crippen LogP contribution in [0, 0.1) is 0 Å². The summed E-state index contributed by atoms with van der Waals surface area (Å²) in [5.41, 5.74) is -2.50. The molecule has 2 aromatic rings. The van der Waals surface area contributed by atoms with Crippen molar-refractivity contribution in [3.05, 3.63) is 34.2 Å². The Morgan fingerprint density at radius 2 is 1.90 bits per heavy atom. The number of alkyl halides is 3. The van der Waals surface area contributed by atoms with Gasteiger partial charge in [0.1, 0.15) is 11.3 Å². The third kappa shape index (κ3) is 2.56. The number of rotatable bonds is 2. The van der Waals surface area contributed by atoms with Gasteiger partial charge >= 0.3 is 11.8 Å². The van der Waals surface area contributed by atoms with E-state index in [1.807, 2.05) is 0 Å². The van der Waals surface area contributed by atoms with Gasteiger partial charge in [0.15, 0.2) is 5.56 Å². The molecule has 0 bridgehead atoms. The van der Waals surface area contributed by atoms with Crippen molar-refractivity contribution in [2.75, 3.05) is 19.0 Å². The fraction of sp³-hybridized carbons (Fsp3) is 0.231. The van der Waals surface area contributed by atoms with Crippen molar-refractivity contribution < 1.29 is 27.5 Å². The maximum Gasteiger partial charge on any atom is 0.455 e. The molecule has 112 valence electrons. The summed E-state index contributed by atoms with van der Waals surface area (Å²) in [6, 6.07) is 4.20. The van der Waals surface area contributed by atoms with E-state index < -0.39 is 28.9 Å². The van der Waals surface area contributed by atoms with E-state index in [4.69, 9.17) is 0 Å². The lowest BCUT2D eigenvalue weighted by atomic mass is 10.1. The van der Waals surface area contributed by atoms with Gasteiger partial charge in [-0.1, -0.05) is 0 Å². The van der Waals surface area contributed by atoms with Gasteiger partial charge < -0.3 is 14.4 Å². The fourth-order valence-corrected chi connectivity index (χ4v) is 1.79. The normalized spacial score (nSPS) is 11.7. The molecule has 1 heterocycles. The van der Waals surface area contributed by atoms with E-state index in [0.29, 0.717) is 5.69 Å². The van der Waals surface area contributed by atoms with E-state index in [1.165, 1.54) is 12.1 Å². The van der Waals surface area contributed by atoms with Crippen LogP contribution in [0.25, 0.3) is 11.0 Å². The number of hydrogen-bond donors (Lipinski definition) is 1. The first-order valence-corrected chi connectivity index (χ1v) is 5.71. The summed E-state index contributed by atoms with van der Waals surface area (Å²) in [5, 5.41) is 9.73. The minimum absolute atomic E-state index is 0.109. The van der Waals surface area contributed by atoms with Crippen molar-refractivity contribution >= 4 is 22.4 Å². The molecule has 0 fully saturated rings. The van der Waals surface area contributed by atoms with Crippen molar-refractivity contribution in [1.29, 1.82) is 0 Å². The van der Waals surface area contributed by atoms with Gasteiger partial charge in [-0.15, -0.1) is 0 Å². The zero-order chi connectivity index (χ0) is 15.9. The number of anilines is 1. The van der Waals surface area contributed by atoms with E-state index in [1.54, 1.807) is 25.1 Å². The standard InChI is InChI=1S/C13H10F3NO4/c1-17(2)6-3-4-8-7(5-6)10(18)9(12(20)21-8)11(19)13(14,15)16/h3-5,18H,1-2H3. The Morgan fingerprint density at radius 3 is 2.43 bits per heavy atom. The summed E-state index contributed by atoms with van der Waals surface area (Å²) < 4.78 is 42.0. The van der Waals surface area contributed by atoms with Gasteiger partial charge in [0.05, 0.1) is 5.39 Å². The Hall–Kier alpha value is -2.51. The predicted molar refractivity (Wildman–Crippen MR) is 68.9 cm³/mol. The molecule has 1 N–H and O–H groups in total. The van der Waals surface area contributed by atoms with Crippen molar-refractivity contribution in [1.82, 2.24) is 0 Å².